The first-order valence-electron chi connectivity index (χ1n) is 6.41. The zero-order valence-electron chi connectivity index (χ0n) is 11.3. The first kappa shape index (κ1) is 13.8. The Balaban J connectivity index is 2.08. The van der Waals surface area contributed by atoms with Crippen molar-refractivity contribution in [3.63, 3.8) is 0 Å². The summed E-state index contributed by atoms with van der Waals surface area (Å²) in [6.07, 6.45) is 2.09. The molecule has 1 aliphatic rings. The molecule has 1 aromatic rings. The second-order valence-corrected chi connectivity index (χ2v) is 5.09. The smallest absolute Gasteiger partial charge is 0.258 e. The molecule has 1 atom stereocenters. The lowest BCUT2D eigenvalue weighted by Gasteiger charge is -2.24. The number of methoxy groups -OCH3 is 1. The fraction of sp³-hybridized carbons (Fsp3) is 0.500. The second-order valence-electron chi connectivity index (χ2n) is 5.09. The van der Waals surface area contributed by atoms with Gasteiger partial charge in [0.25, 0.3) is 5.91 Å². The van der Waals surface area contributed by atoms with Gasteiger partial charge in [-0.3, -0.25) is 4.79 Å². The van der Waals surface area contributed by atoms with Crippen molar-refractivity contribution in [3.05, 3.63) is 29.6 Å². The lowest BCUT2D eigenvalue weighted by atomic mass is 10.0. The third-order valence-electron chi connectivity index (χ3n) is 3.52. The van der Waals surface area contributed by atoms with Gasteiger partial charge in [0.05, 0.1) is 7.11 Å². The van der Waals surface area contributed by atoms with Crippen molar-refractivity contribution >= 4 is 5.91 Å². The number of hydrogen-bond donors (Lipinski definition) is 2. The molecule has 1 fully saturated rings. The van der Waals surface area contributed by atoms with E-state index in [4.69, 9.17) is 4.74 Å². The summed E-state index contributed by atoms with van der Waals surface area (Å²) in [5.41, 5.74) is -0.139. The van der Waals surface area contributed by atoms with Crippen LogP contribution in [0.5, 0.6) is 5.75 Å². The Kier molecular flexibility index (Phi) is 4.04. The molecule has 1 saturated heterocycles. The number of halogens is 1. The van der Waals surface area contributed by atoms with Crippen LogP contribution in [0, 0.1) is 5.82 Å². The van der Waals surface area contributed by atoms with E-state index in [1.165, 1.54) is 19.2 Å². The quantitative estimate of drug-likeness (QED) is 0.872. The van der Waals surface area contributed by atoms with Crippen molar-refractivity contribution in [1.29, 1.82) is 0 Å². The van der Waals surface area contributed by atoms with Crippen LogP contribution in [0.1, 0.15) is 30.1 Å². The van der Waals surface area contributed by atoms with E-state index >= 15 is 0 Å². The highest BCUT2D eigenvalue weighted by Gasteiger charge is 2.29. The molecule has 1 aromatic carbocycles. The highest BCUT2D eigenvalue weighted by molar-refractivity contribution is 5.97. The van der Waals surface area contributed by atoms with Gasteiger partial charge in [0, 0.05) is 12.1 Å². The number of carbonyl (C=O) groups excluding carboxylic acids is 1. The molecular weight excluding hydrogens is 247 g/mol. The minimum absolute atomic E-state index is 0.0356. The highest BCUT2D eigenvalue weighted by Crippen LogP contribution is 2.22. The van der Waals surface area contributed by atoms with Crippen LogP contribution in [0.15, 0.2) is 18.2 Å². The van der Waals surface area contributed by atoms with E-state index < -0.39 is 11.7 Å². The van der Waals surface area contributed by atoms with E-state index in [0.717, 1.165) is 19.4 Å². The molecule has 19 heavy (non-hydrogen) atoms. The largest absolute Gasteiger partial charge is 0.496 e. The number of ether oxygens (including phenoxy) is 1. The van der Waals surface area contributed by atoms with Crippen LogP contribution in [0.3, 0.4) is 0 Å². The molecule has 1 unspecified atom stereocenters. The van der Waals surface area contributed by atoms with Gasteiger partial charge in [0.15, 0.2) is 0 Å². The number of amides is 1. The number of benzene rings is 1. The fourth-order valence-electron chi connectivity index (χ4n) is 2.37. The molecule has 0 radical (unpaired) electrons. The van der Waals surface area contributed by atoms with E-state index in [-0.39, 0.29) is 16.9 Å². The van der Waals surface area contributed by atoms with Gasteiger partial charge in [-0.15, -0.1) is 0 Å². The predicted octanol–water partition coefficient (Wildman–Crippen LogP) is 1.71. The van der Waals surface area contributed by atoms with Gasteiger partial charge in [-0.25, -0.2) is 4.39 Å². The molecule has 0 aliphatic carbocycles. The standard InChI is InChI=1S/C14H19FN2O2/c1-14(7-4-8-17-14)9-16-13(18)12-10(15)5-3-6-11(12)19-2/h3,5-6,17H,4,7-9H2,1-2H3,(H,16,18). The molecule has 5 heteroatoms. The molecule has 1 aliphatic heterocycles. The number of carbonyl (C=O) groups is 1. The van der Waals surface area contributed by atoms with Crippen LogP contribution >= 0.6 is 0 Å². The summed E-state index contributed by atoms with van der Waals surface area (Å²) in [5.74, 6) is -0.756. The first-order chi connectivity index (χ1) is 9.06. The normalized spacial score (nSPS) is 22.3. The van der Waals surface area contributed by atoms with Crippen LogP contribution < -0.4 is 15.4 Å². The van der Waals surface area contributed by atoms with Crippen LogP contribution in [0.25, 0.3) is 0 Å². The van der Waals surface area contributed by atoms with Gasteiger partial charge in [-0.1, -0.05) is 6.07 Å². The van der Waals surface area contributed by atoms with E-state index in [0.29, 0.717) is 6.54 Å². The summed E-state index contributed by atoms with van der Waals surface area (Å²) in [6, 6.07) is 4.35. The van der Waals surface area contributed by atoms with E-state index in [1.54, 1.807) is 6.07 Å². The second kappa shape index (κ2) is 5.57. The minimum atomic E-state index is -0.568. The molecule has 2 rings (SSSR count). The van der Waals surface area contributed by atoms with Gasteiger partial charge in [-0.2, -0.15) is 0 Å². The van der Waals surface area contributed by atoms with Crippen molar-refractivity contribution in [1.82, 2.24) is 10.6 Å². The Labute approximate surface area is 112 Å². The van der Waals surface area contributed by atoms with Gasteiger partial charge in [-0.05, 0) is 38.4 Å². The van der Waals surface area contributed by atoms with Crippen molar-refractivity contribution in [2.24, 2.45) is 0 Å². The van der Waals surface area contributed by atoms with Gasteiger partial charge >= 0.3 is 0 Å². The summed E-state index contributed by atoms with van der Waals surface area (Å²) < 4.78 is 18.8. The zero-order valence-corrected chi connectivity index (χ0v) is 11.3. The lowest BCUT2D eigenvalue weighted by Crippen LogP contribution is -2.47. The molecule has 2 N–H and O–H groups in total. The molecular formula is C14H19FN2O2. The summed E-state index contributed by atoms with van der Waals surface area (Å²) in [6.45, 7) is 3.48. The van der Waals surface area contributed by atoms with Crippen LogP contribution in [-0.4, -0.2) is 31.6 Å². The molecule has 1 amide bonds. The third-order valence-corrected chi connectivity index (χ3v) is 3.52. The average Bonchev–Trinajstić information content (AvgIpc) is 2.83. The SMILES string of the molecule is COc1cccc(F)c1C(=O)NCC1(C)CCCN1. The fourth-order valence-corrected chi connectivity index (χ4v) is 2.37. The van der Waals surface area contributed by atoms with Crippen molar-refractivity contribution in [2.75, 3.05) is 20.2 Å². The molecule has 1 heterocycles. The van der Waals surface area contributed by atoms with Gasteiger partial charge < -0.3 is 15.4 Å². The Morgan fingerprint density at radius 1 is 1.58 bits per heavy atom. The Hall–Kier alpha value is -1.62. The summed E-state index contributed by atoms with van der Waals surface area (Å²) in [7, 11) is 1.42. The number of rotatable bonds is 4. The maximum Gasteiger partial charge on any atom is 0.258 e. The molecule has 104 valence electrons. The molecule has 0 saturated carbocycles. The van der Waals surface area contributed by atoms with Gasteiger partial charge in [0.2, 0.25) is 0 Å². The molecule has 0 spiro atoms. The van der Waals surface area contributed by atoms with Crippen LogP contribution in [0.4, 0.5) is 4.39 Å². The van der Waals surface area contributed by atoms with Gasteiger partial charge in [0.1, 0.15) is 17.1 Å². The van der Waals surface area contributed by atoms with E-state index in [1.807, 2.05) is 0 Å². The maximum atomic E-state index is 13.7. The Morgan fingerprint density at radius 2 is 2.37 bits per heavy atom. The molecule has 0 aromatic heterocycles. The summed E-state index contributed by atoms with van der Waals surface area (Å²) in [5, 5.41) is 6.12. The number of nitrogens with one attached hydrogen (secondary N) is 2. The maximum absolute atomic E-state index is 13.7. The Bertz CT molecular complexity index is 471. The van der Waals surface area contributed by atoms with E-state index in [9.17, 15) is 9.18 Å². The minimum Gasteiger partial charge on any atom is -0.496 e. The first-order valence-corrected chi connectivity index (χ1v) is 6.41. The van der Waals surface area contributed by atoms with Crippen molar-refractivity contribution in [3.8, 4) is 5.75 Å². The van der Waals surface area contributed by atoms with Crippen LogP contribution in [0.2, 0.25) is 0 Å². The third kappa shape index (κ3) is 3.04. The topological polar surface area (TPSA) is 50.4 Å². The van der Waals surface area contributed by atoms with E-state index in [2.05, 4.69) is 17.6 Å². The monoisotopic (exact) mass is 266 g/mol. The molecule has 4 nitrogen and oxygen atoms in total. The number of hydrogen-bond acceptors (Lipinski definition) is 3. The van der Waals surface area contributed by atoms with Crippen molar-refractivity contribution < 1.29 is 13.9 Å². The zero-order chi connectivity index (χ0) is 13.9. The lowest BCUT2D eigenvalue weighted by molar-refractivity contribution is 0.0935. The van der Waals surface area contributed by atoms with Crippen molar-refractivity contribution in [2.45, 2.75) is 25.3 Å². The van der Waals surface area contributed by atoms with Crippen LogP contribution in [-0.2, 0) is 0 Å². The Morgan fingerprint density at radius 3 is 3.00 bits per heavy atom. The average molecular weight is 266 g/mol. The summed E-state index contributed by atoms with van der Waals surface area (Å²) in [4.78, 5) is 12.1. The molecule has 0 bridgehead atoms. The summed E-state index contributed by atoms with van der Waals surface area (Å²) >= 11 is 0. The predicted molar refractivity (Wildman–Crippen MR) is 70.9 cm³/mol. The highest BCUT2D eigenvalue weighted by atomic mass is 19.1.